The molecule has 1 saturated carbocycles. The van der Waals surface area contributed by atoms with Crippen LogP contribution in [0.2, 0.25) is 5.02 Å². The Balaban J connectivity index is 2.10. The molecule has 0 aromatic heterocycles. The van der Waals surface area contributed by atoms with Crippen molar-refractivity contribution in [3.05, 3.63) is 34.9 Å². The number of hydrogen-bond donors (Lipinski definition) is 1. The number of rotatable bonds is 6. The van der Waals surface area contributed by atoms with Crippen molar-refractivity contribution in [3.63, 3.8) is 0 Å². The number of hydrogen-bond acceptors (Lipinski definition) is 1. The van der Waals surface area contributed by atoms with Gasteiger partial charge in [0.2, 0.25) is 0 Å². The lowest BCUT2D eigenvalue weighted by molar-refractivity contribution is 0.327. The molecule has 0 spiro atoms. The summed E-state index contributed by atoms with van der Waals surface area (Å²) in [6, 6.07) is 9.46. The second kappa shape index (κ2) is 6.08. The summed E-state index contributed by atoms with van der Waals surface area (Å²) < 4.78 is 0. The lowest BCUT2D eigenvalue weighted by Crippen LogP contribution is -2.37. The minimum Gasteiger partial charge on any atom is -0.307 e. The van der Waals surface area contributed by atoms with Gasteiger partial charge in [0.15, 0.2) is 0 Å². The third kappa shape index (κ3) is 3.49. The zero-order chi connectivity index (χ0) is 13.1. The maximum absolute atomic E-state index is 5.97. The Kier molecular flexibility index (Phi) is 4.69. The van der Waals surface area contributed by atoms with E-state index in [0.717, 1.165) is 10.9 Å². The van der Waals surface area contributed by atoms with Crippen molar-refractivity contribution in [1.29, 1.82) is 0 Å². The van der Waals surface area contributed by atoms with Gasteiger partial charge in [-0.25, -0.2) is 0 Å². The molecular formula is C16H24ClN. The lowest BCUT2D eigenvalue weighted by atomic mass is 9.96. The second-order valence-electron chi connectivity index (χ2n) is 5.79. The van der Waals surface area contributed by atoms with E-state index in [1.807, 2.05) is 12.1 Å². The molecule has 0 saturated heterocycles. The molecule has 1 aromatic rings. The van der Waals surface area contributed by atoms with Gasteiger partial charge in [0, 0.05) is 17.1 Å². The summed E-state index contributed by atoms with van der Waals surface area (Å²) >= 11 is 5.97. The van der Waals surface area contributed by atoms with Crippen LogP contribution >= 0.6 is 11.6 Å². The Morgan fingerprint density at radius 3 is 2.28 bits per heavy atom. The summed E-state index contributed by atoms with van der Waals surface area (Å²) in [4.78, 5) is 0. The molecule has 0 radical (unpaired) electrons. The smallest absolute Gasteiger partial charge is 0.0406 e. The van der Waals surface area contributed by atoms with Gasteiger partial charge < -0.3 is 5.32 Å². The third-order valence-corrected chi connectivity index (χ3v) is 4.21. The number of halogens is 1. The molecular weight excluding hydrogens is 242 g/mol. The van der Waals surface area contributed by atoms with Gasteiger partial charge in [-0.05, 0) is 48.8 Å². The minimum absolute atomic E-state index is 0.509. The first kappa shape index (κ1) is 13.9. The largest absolute Gasteiger partial charge is 0.307 e. The third-order valence-electron chi connectivity index (χ3n) is 3.96. The zero-order valence-electron chi connectivity index (χ0n) is 11.6. The monoisotopic (exact) mass is 265 g/mol. The summed E-state index contributed by atoms with van der Waals surface area (Å²) in [6.07, 6.45) is 3.90. The Labute approximate surface area is 116 Å². The fraction of sp³-hybridized carbons (Fsp3) is 0.625. The van der Waals surface area contributed by atoms with Crippen molar-refractivity contribution in [2.45, 2.75) is 52.1 Å². The van der Waals surface area contributed by atoms with E-state index in [0.29, 0.717) is 18.0 Å². The summed E-state index contributed by atoms with van der Waals surface area (Å²) in [5.41, 5.74) is 1.39. The second-order valence-corrected chi connectivity index (χ2v) is 6.23. The number of nitrogens with one attached hydrogen (secondary N) is 1. The van der Waals surface area contributed by atoms with E-state index in [9.17, 15) is 0 Å². The van der Waals surface area contributed by atoms with Crippen molar-refractivity contribution in [2.24, 2.45) is 11.8 Å². The molecule has 0 bridgehead atoms. The van der Waals surface area contributed by atoms with Crippen molar-refractivity contribution in [1.82, 2.24) is 5.32 Å². The quantitative estimate of drug-likeness (QED) is 0.778. The van der Waals surface area contributed by atoms with Gasteiger partial charge in [0.05, 0.1) is 0 Å². The van der Waals surface area contributed by atoms with Crippen molar-refractivity contribution >= 4 is 11.6 Å². The number of benzene rings is 1. The van der Waals surface area contributed by atoms with Crippen LogP contribution in [0.1, 0.15) is 51.6 Å². The average Bonchev–Trinajstić information content (AvgIpc) is 3.16. The average molecular weight is 266 g/mol. The van der Waals surface area contributed by atoms with Crippen molar-refractivity contribution in [3.8, 4) is 0 Å². The highest BCUT2D eigenvalue weighted by molar-refractivity contribution is 6.30. The van der Waals surface area contributed by atoms with E-state index in [1.54, 1.807) is 0 Å². The van der Waals surface area contributed by atoms with Crippen LogP contribution < -0.4 is 5.32 Å². The topological polar surface area (TPSA) is 12.0 Å². The molecule has 100 valence electrons. The molecule has 2 rings (SSSR count). The van der Waals surface area contributed by atoms with Crippen LogP contribution in [0.25, 0.3) is 0 Å². The first-order chi connectivity index (χ1) is 8.61. The maximum atomic E-state index is 5.97. The zero-order valence-corrected chi connectivity index (χ0v) is 12.4. The molecule has 18 heavy (non-hydrogen) atoms. The minimum atomic E-state index is 0.509. The van der Waals surface area contributed by atoms with Gasteiger partial charge in [-0.15, -0.1) is 0 Å². The molecule has 1 aliphatic rings. The molecule has 1 nitrogen and oxygen atoms in total. The Morgan fingerprint density at radius 2 is 1.83 bits per heavy atom. The van der Waals surface area contributed by atoms with Crippen LogP contribution in [0.15, 0.2) is 24.3 Å². The highest BCUT2D eigenvalue weighted by atomic mass is 35.5. The Morgan fingerprint density at radius 1 is 1.22 bits per heavy atom. The predicted octanol–water partition coefficient (Wildman–Crippen LogP) is 4.82. The predicted molar refractivity (Wildman–Crippen MR) is 79.0 cm³/mol. The lowest BCUT2D eigenvalue weighted by Gasteiger charge is -2.28. The molecule has 0 aliphatic heterocycles. The Bertz CT molecular complexity index is 367. The summed E-state index contributed by atoms with van der Waals surface area (Å²) in [5, 5.41) is 4.68. The van der Waals surface area contributed by atoms with Crippen LogP contribution in [0.4, 0.5) is 0 Å². The fourth-order valence-corrected chi connectivity index (χ4v) is 2.74. The van der Waals surface area contributed by atoms with Crippen LogP contribution in [0, 0.1) is 11.8 Å². The first-order valence-corrected chi connectivity index (χ1v) is 7.51. The standard InChI is InChI=1S/C16H24ClN/c1-4-15(11(2)3)18-16(12-5-6-12)13-7-9-14(17)10-8-13/h7-12,15-16,18H,4-6H2,1-3H3. The van der Waals surface area contributed by atoms with E-state index < -0.39 is 0 Å². The molecule has 1 aliphatic carbocycles. The molecule has 1 N–H and O–H groups in total. The van der Waals surface area contributed by atoms with Crippen molar-refractivity contribution in [2.75, 3.05) is 0 Å². The molecule has 1 aromatic carbocycles. The highest BCUT2D eigenvalue weighted by Gasteiger charge is 2.33. The van der Waals surface area contributed by atoms with E-state index in [-0.39, 0.29) is 0 Å². The molecule has 0 amide bonds. The van der Waals surface area contributed by atoms with E-state index in [1.165, 1.54) is 24.8 Å². The molecule has 1 fully saturated rings. The van der Waals surface area contributed by atoms with Gasteiger partial charge in [0.25, 0.3) is 0 Å². The van der Waals surface area contributed by atoms with Crippen LogP contribution in [-0.2, 0) is 0 Å². The van der Waals surface area contributed by atoms with Gasteiger partial charge >= 0.3 is 0 Å². The van der Waals surface area contributed by atoms with E-state index in [2.05, 4.69) is 38.2 Å². The Hall–Kier alpha value is -0.530. The molecule has 2 heteroatoms. The van der Waals surface area contributed by atoms with Gasteiger partial charge in [-0.1, -0.05) is 44.5 Å². The summed E-state index contributed by atoms with van der Waals surface area (Å²) in [6.45, 7) is 6.86. The van der Waals surface area contributed by atoms with E-state index >= 15 is 0 Å². The summed E-state index contributed by atoms with van der Waals surface area (Å²) in [5.74, 6) is 1.50. The van der Waals surface area contributed by atoms with Crippen molar-refractivity contribution < 1.29 is 0 Å². The fourth-order valence-electron chi connectivity index (χ4n) is 2.62. The van der Waals surface area contributed by atoms with E-state index in [4.69, 9.17) is 11.6 Å². The normalized spacial score (nSPS) is 18.9. The highest BCUT2D eigenvalue weighted by Crippen LogP contribution is 2.41. The maximum Gasteiger partial charge on any atom is 0.0406 e. The van der Waals surface area contributed by atoms with Crippen LogP contribution in [0.3, 0.4) is 0 Å². The molecule has 0 heterocycles. The van der Waals surface area contributed by atoms with Crippen LogP contribution in [0.5, 0.6) is 0 Å². The van der Waals surface area contributed by atoms with Gasteiger partial charge in [-0.2, -0.15) is 0 Å². The molecule has 2 atom stereocenters. The van der Waals surface area contributed by atoms with Gasteiger partial charge in [0.1, 0.15) is 0 Å². The SMILES string of the molecule is CCC(NC(c1ccc(Cl)cc1)C1CC1)C(C)C. The molecule has 2 unspecified atom stereocenters. The van der Waals surface area contributed by atoms with Gasteiger partial charge in [-0.3, -0.25) is 0 Å². The first-order valence-electron chi connectivity index (χ1n) is 7.13. The van der Waals surface area contributed by atoms with Crippen LogP contribution in [-0.4, -0.2) is 6.04 Å². The summed E-state index contributed by atoms with van der Waals surface area (Å²) in [7, 11) is 0.